The summed E-state index contributed by atoms with van der Waals surface area (Å²) in [6.07, 6.45) is 4.14. The molecule has 4 heterocycles. The normalized spacial score (nSPS) is 20.9. The summed E-state index contributed by atoms with van der Waals surface area (Å²) in [7, 11) is 3.25. The molecule has 3 N–H and O–H groups in total. The lowest BCUT2D eigenvalue weighted by atomic mass is 10.2. The van der Waals surface area contributed by atoms with E-state index in [-0.39, 0.29) is 12.5 Å². The Balaban J connectivity index is 1.31. The van der Waals surface area contributed by atoms with Crippen molar-refractivity contribution in [3.05, 3.63) is 37.1 Å². The number of rotatable bonds is 9. The summed E-state index contributed by atoms with van der Waals surface area (Å²) in [5.74, 6) is 1.00. The van der Waals surface area contributed by atoms with Crippen molar-refractivity contribution in [1.82, 2.24) is 24.5 Å². The van der Waals surface area contributed by atoms with Gasteiger partial charge in [-0.1, -0.05) is 16.9 Å². The molecule has 3 aromatic heterocycles. The summed E-state index contributed by atoms with van der Waals surface area (Å²) in [6, 6.07) is 5.77. The third-order valence-corrected chi connectivity index (χ3v) is 7.08. The minimum absolute atomic E-state index is 0.147. The Morgan fingerprint density at radius 3 is 2.97 bits per heavy atom. The number of nitrogens with zero attached hydrogens (tertiary/aromatic N) is 5. The number of hydrogen-bond acceptors (Lipinski definition) is 10. The molecule has 1 aliphatic heterocycles. The van der Waals surface area contributed by atoms with Crippen molar-refractivity contribution in [3.63, 3.8) is 0 Å². The number of anilines is 1. The van der Waals surface area contributed by atoms with Gasteiger partial charge in [-0.2, -0.15) is 0 Å². The fourth-order valence-electron chi connectivity index (χ4n) is 3.19. The quantitative estimate of drug-likeness (QED) is 0.320. The van der Waals surface area contributed by atoms with Crippen LogP contribution in [-0.4, -0.2) is 65.2 Å². The van der Waals surface area contributed by atoms with Gasteiger partial charge < -0.3 is 20.3 Å². The number of imidazole rings is 1. The topological polar surface area (TPSA) is 135 Å². The van der Waals surface area contributed by atoms with E-state index in [1.165, 1.54) is 12.7 Å². The monoisotopic (exact) mass is 462 g/mol. The molecular weight excluding hydrogens is 440 g/mol. The first-order chi connectivity index (χ1) is 15.2. The molecule has 0 radical (unpaired) electrons. The van der Waals surface area contributed by atoms with E-state index in [0.717, 1.165) is 17.2 Å². The number of carbonyl (C=O) groups is 1. The highest BCUT2D eigenvalue weighted by atomic mass is 33.1. The van der Waals surface area contributed by atoms with Crippen LogP contribution in [0.1, 0.15) is 25.5 Å². The van der Waals surface area contributed by atoms with E-state index in [1.54, 1.807) is 32.4 Å². The van der Waals surface area contributed by atoms with Gasteiger partial charge in [0.15, 0.2) is 17.0 Å². The van der Waals surface area contributed by atoms with Crippen molar-refractivity contribution in [3.8, 4) is 0 Å². The number of nitrogens with one attached hydrogen (secondary N) is 1. The standard InChI is InChI=1S/C19H22N6O4S2/c26-9-13-12(27)8-16(29-13)25-11-23-17-18(21-10-22-19(17)25)24-14(28)4-3-7-30-31-15-5-1-2-6-20-15/h1-2,5-6,10-13,16,26-27H,3-4,7-9H2,(H,21,22,24,28). The zero-order valence-corrected chi connectivity index (χ0v) is 18.1. The van der Waals surface area contributed by atoms with E-state index in [0.29, 0.717) is 29.8 Å². The molecule has 164 valence electrons. The number of pyridine rings is 1. The minimum atomic E-state index is -0.762. The zero-order chi connectivity index (χ0) is 21.6. The van der Waals surface area contributed by atoms with E-state index in [4.69, 9.17) is 4.74 Å². The van der Waals surface area contributed by atoms with Crippen LogP contribution in [0.3, 0.4) is 0 Å². The SMILES string of the molecule is O=C(CCCSSc1ccccn1)Nc1ncnc2c1ncn2C1CC(O)C(CO)O1. The number of aliphatic hydroxyl groups excluding tert-OH is 2. The summed E-state index contributed by atoms with van der Waals surface area (Å²) in [5, 5.41) is 23.0. The van der Waals surface area contributed by atoms with Gasteiger partial charge >= 0.3 is 0 Å². The van der Waals surface area contributed by atoms with Gasteiger partial charge in [0.25, 0.3) is 0 Å². The summed E-state index contributed by atoms with van der Waals surface area (Å²) >= 11 is 0. The second kappa shape index (κ2) is 10.4. The summed E-state index contributed by atoms with van der Waals surface area (Å²) < 4.78 is 7.35. The molecule has 4 rings (SSSR count). The molecule has 1 fully saturated rings. The Morgan fingerprint density at radius 1 is 1.29 bits per heavy atom. The van der Waals surface area contributed by atoms with Crippen LogP contribution < -0.4 is 5.32 Å². The molecule has 10 nitrogen and oxygen atoms in total. The highest BCUT2D eigenvalue weighted by Crippen LogP contribution is 2.32. The maximum absolute atomic E-state index is 12.4. The van der Waals surface area contributed by atoms with Crippen LogP contribution in [0.5, 0.6) is 0 Å². The van der Waals surface area contributed by atoms with Crippen LogP contribution >= 0.6 is 21.6 Å². The molecule has 12 heteroatoms. The zero-order valence-electron chi connectivity index (χ0n) is 16.5. The van der Waals surface area contributed by atoms with Crippen LogP contribution in [0.4, 0.5) is 5.82 Å². The van der Waals surface area contributed by atoms with Gasteiger partial charge in [-0.3, -0.25) is 9.36 Å². The number of ether oxygens (including phenoxy) is 1. The summed E-state index contributed by atoms with van der Waals surface area (Å²) in [4.78, 5) is 29.3. The fraction of sp³-hybridized carbons (Fsp3) is 0.421. The van der Waals surface area contributed by atoms with Crippen molar-refractivity contribution < 1.29 is 19.7 Å². The Kier molecular flexibility index (Phi) is 7.35. The molecular formula is C19H22N6O4S2. The van der Waals surface area contributed by atoms with Crippen LogP contribution in [0.2, 0.25) is 0 Å². The Labute approximate surface area is 186 Å². The number of aliphatic hydroxyl groups is 2. The number of carbonyl (C=O) groups excluding carboxylic acids is 1. The van der Waals surface area contributed by atoms with Crippen molar-refractivity contribution in [2.45, 2.75) is 42.7 Å². The lowest BCUT2D eigenvalue weighted by Crippen LogP contribution is -2.24. The van der Waals surface area contributed by atoms with Crippen LogP contribution in [0.15, 0.2) is 42.1 Å². The van der Waals surface area contributed by atoms with Gasteiger partial charge in [0.2, 0.25) is 5.91 Å². The Bertz CT molecular complexity index is 1020. The maximum Gasteiger partial charge on any atom is 0.225 e. The van der Waals surface area contributed by atoms with Gasteiger partial charge in [-0.15, -0.1) is 0 Å². The minimum Gasteiger partial charge on any atom is -0.394 e. The number of hydrogen-bond donors (Lipinski definition) is 3. The van der Waals surface area contributed by atoms with E-state index in [1.807, 2.05) is 18.2 Å². The van der Waals surface area contributed by atoms with Crippen LogP contribution in [-0.2, 0) is 9.53 Å². The van der Waals surface area contributed by atoms with Crippen molar-refractivity contribution in [2.24, 2.45) is 0 Å². The number of fused-ring (bicyclic) bond motifs is 1. The van der Waals surface area contributed by atoms with Crippen molar-refractivity contribution >= 4 is 44.5 Å². The largest absolute Gasteiger partial charge is 0.394 e. The molecule has 0 bridgehead atoms. The lowest BCUT2D eigenvalue weighted by Gasteiger charge is -2.13. The first-order valence-corrected chi connectivity index (χ1v) is 12.1. The predicted octanol–water partition coefficient (Wildman–Crippen LogP) is 2.02. The molecule has 3 atom stereocenters. The molecule has 31 heavy (non-hydrogen) atoms. The third-order valence-electron chi connectivity index (χ3n) is 4.72. The molecule has 0 aromatic carbocycles. The molecule has 0 aliphatic carbocycles. The van der Waals surface area contributed by atoms with E-state index < -0.39 is 18.4 Å². The molecule has 0 spiro atoms. The number of aromatic nitrogens is 5. The second-order valence-corrected chi connectivity index (χ2v) is 9.32. The Hall–Kier alpha value is -2.25. The maximum atomic E-state index is 12.4. The molecule has 1 aliphatic rings. The summed E-state index contributed by atoms with van der Waals surface area (Å²) in [5.41, 5.74) is 0.935. The molecule has 3 aromatic rings. The molecule has 3 unspecified atom stereocenters. The fourth-order valence-corrected chi connectivity index (χ4v) is 5.15. The van der Waals surface area contributed by atoms with Crippen molar-refractivity contribution in [1.29, 1.82) is 0 Å². The van der Waals surface area contributed by atoms with Gasteiger partial charge in [0, 0.05) is 24.8 Å². The van der Waals surface area contributed by atoms with E-state index in [9.17, 15) is 15.0 Å². The molecule has 1 amide bonds. The van der Waals surface area contributed by atoms with Gasteiger partial charge in [0.05, 0.1) is 19.0 Å². The first kappa shape index (κ1) is 22.0. The highest BCUT2D eigenvalue weighted by molar-refractivity contribution is 8.76. The van der Waals surface area contributed by atoms with Crippen molar-refractivity contribution in [2.75, 3.05) is 17.7 Å². The third kappa shape index (κ3) is 5.33. The first-order valence-electron chi connectivity index (χ1n) is 9.78. The summed E-state index contributed by atoms with van der Waals surface area (Å²) in [6.45, 7) is -0.265. The average Bonchev–Trinajstić information content (AvgIpc) is 3.38. The van der Waals surface area contributed by atoms with Gasteiger partial charge in [-0.05, 0) is 29.3 Å². The Morgan fingerprint density at radius 2 is 2.19 bits per heavy atom. The predicted molar refractivity (Wildman–Crippen MR) is 117 cm³/mol. The molecule has 1 saturated heterocycles. The van der Waals surface area contributed by atoms with E-state index in [2.05, 4.69) is 25.3 Å². The average molecular weight is 463 g/mol. The smallest absolute Gasteiger partial charge is 0.225 e. The lowest BCUT2D eigenvalue weighted by molar-refractivity contribution is -0.116. The highest BCUT2D eigenvalue weighted by Gasteiger charge is 2.35. The van der Waals surface area contributed by atoms with Crippen LogP contribution in [0.25, 0.3) is 11.2 Å². The van der Waals surface area contributed by atoms with Gasteiger partial charge in [0.1, 0.15) is 23.7 Å². The van der Waals surface area contributed by atoms with E-state index >= 15 is 0 Å². The number of amides is 1. The van der Waals surface area contributed by atoms with Gasteiger partial charge in [-0.25, -0.2) is 19.9 Å². The molecule has 0 saturated carbocycles. The van der Waals surface area contributed by atoms with Crippen LogP contribution in [0, 0.1) is 0 Å². The second-order valence-electron chi connectivity index (χ2n) is 6.89.